The molecule has 0 heterocycles. The number of esters is 1. The third kappa shape index (κ3) is 4.02. The minimum atomic E-state index is -1.34. The van der Waals surface area contributed by atoms with Crippen LogP contribution in [0.2, 0.25) is 0 Å². The summed E-state index contributed by atoms with van der Waals surface area (Å²) in [6, 6.07) is 14.9. The Kier molecular flexibility index (Phi) is 5.07. The molecule has 4 heteroatoms. The zero-order valence-electron chi connectivity index (χ0n) is 14.4. The maximum atomic E-state index is 12.2. The first-order chi connectivity index (χ1) is 11.2. The van der Waals surface area contributed by atoms with Gasteiger partial charge in [0, 0.05) is 5.56 Å². The van der Waals surface area contributed by atoms with Crippen LogP contribution in [0.25, 0.3) is 11.1 Å². The summed E-state index contributed by atoms with van der Waals surface area (Å²) >= 11 is 0. The lowest BCUT2D eigenvalue weighted by Gasteiger charge is -2.22. The second kappa shape index (κ2) is 6.87. The zero-order chi connectivity index (χ0) is 17.9. The largest absolute Gasteiger partial charge is 0.478 e. The summed E-state index contributed by atoms with van der Waals surface area (Å²) in [7, 11) is 0. The van der Waals surface area contributed by atoms with Gasteiger partial charge >= 0.3 is 11.9 Å². The van der Waals surface area contributed by atoms with Gasteiger partial charge in [0.05, 0.1) is 5.41 Å². The normalized spacial score (nSPS) is 12.5. The molecule has 2 aromatic rings. The van der Waals surface area contributed by atoms with Gasteiger partial charge in [0.25, 0.3) is 0 Å². The minimum Gasteiger partial charge on any atom is -0.478 e. The average Bonchev–Trinajstić information content (AvgIpc) is 2.51. The van der Waals surface area contributed by atoms with Gasteiger partial charge in [-0.2, -0.15) is 0 Å². The molecule has 0 saturated heterocycles. The lowest BCUT2D eigenvalue weighted by Crippen LogP contribution is -2.28. The third-order valence-corrected chi connectivity index (χ3v) is 3.63. The van der Waals surface area contributed by atoms with Gasteiger partial charge in [-0.15, -0.1) is 0 Å². The van der Waals surface area contributed by atoms with Crippen molar-refractivity contribution in [2.24, 2.45) is 5.41 Å². The smallest absolute Gasteiger partial charge is 0.349 e. The van der Waals surface area contributed by atoms with E-state index in [1.165, 1.54) is 0 Å². The Bertz CT molecular complexity index is 756. The van der Waals surface area contributed by atoms with Crippen molar-refractivity contribution in [3.8, 4) is 11.1 Å². The Morgan fingerprint density at radius 1 is 1.04 bits per heavy atom. The van der Waals surface area contributed by atoms with Crippen LogP contribution in [0.3, 0.4) is 0 Å². The molecule has 1 N–H and O–H groups in total. The van der Waals surface area contributed by atoms with Crippen LogP contribution in [0.5, 0.6) is 0 Å². The molecule has 4 nitrogen and oxygen atoms in total. The number of carbonyl (C=O) groups is 2. The fourth-order valence-electron chi connectivity index (χ4n) is 2.33. The standard InChI is InChI=1S/C20H22O4/c1-13-8-7-9-14(12-13)15-10-5-6-11-16(15)17(18(21)22)24-19(23)20(2,3)4/h5-12,17H,1-4H3,(H,21,22). The number of carboxylic acid groups (broad SMARTS) is 1. The van der Waals surface area contributed by atoms with Crippen LogP contribution < -0.4 is 0 Å². The summed E-state index contributed by atoms with van der Waals surface area (Å²) in [6.45, 7) is 7.06. The first-order valence-electron chi connectivity index (χ1n) is 7.80. The van der Waals surface area contributed by atoms with Crippen molar-refractivity contribution in [2.75, 3.05) is 0 Å². The van der Waals surface area contributed by atoms with Crippen LogP contribution in [-0.4, -0.2) is 17.0 Å². The van der Waals surface area contributed by atoms with Gasteiger partial charge < -0.3 is 9.84 Å². The van der Waals surface area contributed by atoms with E-state index in [0.717, 1.165) is 16.7 Å². The van der Waals surface area contributed by atoms with E-state index in [-0.39, 0.29) is 0 Å². The monoisotopic (exact) mass is 326 g/mol. The molecule has 0 bridgehead atoms. The van der Waals surface area contributed by atoms with Crippen LogP contribution in [0, 0.1) is 12.3 Å². The molecule has 0 aliphatic carbocycles. The van der Waals surface area contributed by atoms with E-state index in [9.17, 15) is 14.7 Å². The molecule has 0 aromatic heterocycles. The Labute approximate surface area is 142 Å². The number of benzene rings is 2. The predicted octanol–water partition coefficient (Wildman–Crippen LogP) is 4.38. The van der Waals surface area contributed by atoms with E-state index in [1.807, 2.05) is 43.3 Å². The highest BCUT2D eigenvalue weighted by atomic mass is 16.6. The fraction of sp³-hybridized carbons (Fsp3) is 0.300. The van der Waals surface area contributed by atoms with E-state index in [1.54, 1.807) is 32.9 Å². The number of aliphatic carboxylic acids is 1. The van der Waals surface area contributed by atoms with Gasteiger partial charge in [-0.05, 0) is 38.8 Å². The number of hydrogen-bond donors (Lipinski definition) is 1. The molecule has 2 aromatic carbocycles. The van der Waals surface area contributed by atoms with Gasteiger partial charge in [-0.1, -0.05) is 54.1 Å². The van der Waals surface area contributed by atoms with Crippen molar-refractivity contribution in [3.63, 3.8) is 0 Å². The van der Waals surface area contributed by atoms with E-state index < -0.39 is 23.5 Å². The summed E-state index contributed by atoms with van der Waals surface area (Å²) in [4.78, 5) is 23.9. The molecule has 1 atom stereocenters. The van der Waals surface area contributed by atoms with E-state index in [4.69, 9.17) is 4.74 Å². The van der Waals surface area contributed by atoms with Crippen LogP contribution in [0.1, 0.15) is 38.0 Å². The number of rotatable bonds is 4. The average molecular weight is 326 g/mol. The SMILES string of the molecule is Cc1cccc(-c2ccccc2C(OC(=O)C(C)(C)C)C(=O)O)c1. The van der Waals surface area contributed by atoms with Crippen molar-refractivity contribution in [1.82, 2.24) is 0 Å². The highest BCUT2D eigenvalue weighted by Crippen LogP contribution is 2.32. The lowest BCUT2D eigenvalue weighted by molar-refractivity contribution is -0.170. The highest BCUT2D eigenvalue weighted by Gasteiger charge is 2.32. The predicted molar refractivity (Wildman–Crippen MR) is 92.5 cm³/mol. The zero-order valence-corrected chi connectivity index (χ0v) is 14.4. The van der Waals surface area contributed by atoms with Crippen LogP contribution in [0.4, 0.5) is 0 Å². The number of ether oxygens (including phenoxy) is 1. The van der Waals surface area contributed by atoms with Crippen molar-refractivity contribution in [1.29, 1.82) is 0 Å². The second-order valence-corrected chi connectivity index (χ2v) is 6.83. The molecular weight excluding hydrogens is 304 g/mol. The van der Waals surface area contributed by atoms with Crippen molar-refractivity contribution >= 4 is 11.9 Å². The topological polar surface area (TPSA) is 63.6 Å². The quantitative estimate of drug-likeness (QED) is 0.847. The minimum absolute atomic E-state index is 0.466. The van der Waals surface area contributed by atoms with Gasteiger partial charge in [0.1, 0.15) is 0 Å². The lowest BCUT2D eigenvalue weighted by atomic mass is 9.94. The molecule has 1 unspecified atom stereocenters. The summed E-state index contributed by atoms with van der Waals surface area (Å²) < 4.78 is 5.32. The summed E-state index contributed by atoms with van der Waals surface area (Å²) in [6.07, 6.45) is -1.34. The molecule has 0 aliphatic rings. The third-order valence-electron chi connectivity index (χ3n) is 3.63. The Morgan fingerprint density at radius 2 is 1.71 bits per heavy atom. The number of carboxylic acids is 1. The van der Waals surface area contributed by atoms with E-state index in [0.29, 0.717) is 5.56 Å². The number of hydrogen-bond acceptors (Lipinski definition) is 3. The molecule has 24 heavy (non-hydrogen) atoms. The Hall–Kier alpha value is -2.62. The molecular formula is C20H22O4. The summed E-state index contributed by atoms with van der Waals surface area (Å²) in [5.74, 6) is -1.73. The number of carbonyl (C=O) groups excluding carboxylic acids is 1. The van der Waals surface area contributed by atoms with E-state index >= 15 is 0 Å². The van der Waals surface area contributed by atoms with Gasteiger partial charge in [-0.3, -0.25) is 4.79 Å². The maximum Gasteiger partial charge on any atom is 0.349 e. The molecule has 0 amide bonds. The van der Waals surface area contributed by atoms with Crippen molar-refractivity contribution in [3.05, 3.63) is 59.7 Å². The molecule has 0 spiro atoms. The maximum absolute atomic E-state index is 12.2. The molecule has 0 aliphatic heterocycles. The van der Waals surface area contributed by atoms with Crippen molar-refractivity contribution in [2.45, 2.75) is 33.8 Å². The highest BCUT2D eigenvalue weighted by molar-refractivity contribution is 5.84. The van der Waals surface area contributed by atoms with Crippen LogP contribution in [-0.2, 0) is 14.3 Å². The van der Waals surface area contributed by atoms with Crippen LogP contribution >= 0.6 is 0 Å². The summed E-state index contributed by atoms with van der Waals surface area (Å²) in [5, 5.41) is 9.59. The molecule has 2 rings (SSSR count). The fourth-order valence-corrected chi connectivity index (χ4v) is 2.33. The van der Waals surface area contributed by atoms with Gasteiger partial charge in [0.15, 0.2) is 0 Å². The second-order valence-electron chi connectivity index (χ2n) is 6.83. The number of aryl methyl sites for hydroxylation is 1. The van der Waals surface area contributed by atoms with E-state index in [2.05, 4.69) is 0 Å². The van der Waals surface area contributed by atoms with Crippen LogP contribution in [0.15, 0.2) is 48.5 Å². The molecule has 0 radical (unpaired) electrons. The van der Waals surface area contributed by atoms with Gasteiger partial charge in [-0.25, -0.2) is 4.79 Å². The Morgan fingerprint density at radius 3 is 2.29 bits per heavy atom. The molecule has 0 saturated carbocycles. The van der Waals surface area contributed by atoms with Crippen molar-refractivity contribution < 1.29 is 19.4 Å². The first kappa shape index (κ1) is 17.7. The first-order valence-corrected chi connectivity index (χ1v) is 7.80. The molecule has 126 valence electrons. The van der Waals surface area contributed by atoms with Gasteiger partial charge in [0.2, 0.25) is 6.10 Å². The Balaban J connectivity index is 2.49. The summed E-state index contributed by atoms with van der Waals surface area (Å²) in [5.41, 5.74) is 2.40. The molecule has 0 fully saturated rings.